The number of hydrogen-bond acceptors (Lipinski definition) is 2. The third-order valence-electron chi connectivity index (χ3n) is 1.94. The van der Waals surface area contributed by atoms with Crippen molar-refractivity contribution in [1.82, 2.24) is 0 Å². The first-order valence-electron chi connectivity index (χ1n) is 3.69. The van der Waals surface area contributed by atoms with Crippen molar-refractivity contribution < 1.29 is 4.79 Å². The summed E-state index contributed by atoms with van der Waals surface area (Å²) < 4.78 is 0.769. The first-order valence-corrected chi connectivity index (χ1v) is 4.50. The fraction of sp³-hybridized carbons (Fsp3) is 0.375. The third-order valence-corrected chi connectivity index (χ3v) is 2.96. The average molecular weight is 162 g/mol. The predicted molar refractivity (Wildman–Crippen MR) is 47.0 cm³/mol. The molecule has 1 nitrogen and oxygen atoms in total. The van der Waals surface area contributed by atoms with Crippen molar-refractivity contribution in [1.29, 1.82) is 0 Å². The molecule has 1 aromatic heterocycles. The van der Waals surface area contributed by atoms with Gasteiger partial charge in [0.1, 0.15) is 7.85 Å². The van der Waals surface area contributed by atoms with Crippen LogP contribution in [0.1, 0.15) is 28.1 Å². The van der Waals surface area contributed by atoms with E-state index in [2.05, 4.69) is 0 Å². The van der Waals surface area contributed by atoms with Gasteiger partial charge in [0.05, 0.1) is 0 Å². The Bertz CT molecular complexity index is 303. The second-order valence-corrected chi connectivity index (χ2v) is 3.93. The summed E-state index contributed by atoms with van der Waals surface area (Å²) in [5.74, 6) is 0.263. The molecule has 0 fully saturated rings. The largest absolute Gasteiger partial charge is 0.294 e. The molecule has 54 valence electrons. The van der Waals surface area contributed by atoms with Gasteiger partial charge in [-0.05, 0) is 23.7 Å². The highest BCUT2D eigenvalue weighted by molar-refractivity contribution is 7.20. The van der Waals surface area contributed by atoms with Crippen molar-refractivity contribution >= 4 is 29.7 Å². The van der Waals surface area contributed by atoms with Crippen molar-refractivity contribution in [2.45, 2.75) is 19.3 Å². The minimum absolute atomic E-state index is 0.263. The van der Waals surface area contributed by atoms with E-state index in [9.17, 15) is 4.79 Å². The van der Waals surface area contributed by atoms with Crippen LogP contribution in [0.25, 0.3) is 0 Å². The third kappa shape index (κ3) is 1.14. The van der Waals surface area contributed by atoms with Crippen LogP contribution in [0.3, 0.4) is 0 Å². The molecule has 1 aliphatic rings. The summed E-state index contributed by atoms with van der Waals surface area (Å²) >= 11 is 1.55. The molecule has 1 aliphatic carbocycles. The molecule has 0 saturated carbocycles. The number of carbonyl (C=O) groups excluding carboxylic acids is 1. The molecule has 11 heavy (non-hydrogen) atoms. The highest BCUT2D eigenvalue weighted by Crippen LogP contribution is 2.23. The Balaban J connectivity index is 2.52. The number of aryl methyl sites for hydroxylation is 1. The summed E-state index contributed by atoms with van der Waals surface area (Å²) in [6.07, 6.45) is 2.72. The Labute approximate surface area is 70.8 Å². The average Bonchev–Trinajstić information content (AvgIpc) is 2.31. The molecule has 0 spiro atoms. The van der Waals surface area contributed by atoms with Crippen molar-refractivity contribution in [3.05, 3.63) is 16.5 Å². The first kappa shape index (κ1) is 7.10. The lowest BCUT2D eigenvalue weighted by Crippen LogP contribution is -2.07. The van der Waals surface area contributed by atoms with Gasteiger partial charge in [0.2, 0.25) is 0 Å². The summed E-state index contributed by atoms with van der Waals surface area (Å²) in [6.45, 7) is 0. The Morgan fingerprint density at radius 1 is 1.45 bits per heavy atom. The molecular weight excluding hydrogens is 155 g/mol. The van der Waals surface area contributed by atoms with Crippen LogP contribution in [0.5, 0.6) is 0 Å². The van der Waals surface area contributed by atoms with Crippen LogP contribution in [0, 0.1) is 0 Å². The monoisotopic (exact) mass is 162 g/mol. The minimum atomic E-state index is 0.263. The quantitative estimate of drug-likeness (QED) is 0.521. The lowest BCUT2D eigenvalue weighted by atomic mass is 9.96. The van der Waals surface area contributed by atoms with Crippen molar-refractivity contribution in [2.24, 2.45) is 0 Å². The Morgan fingerprint density at radius 2 is 2.27 bits per heavy atom. The van der Waals surface area contributed by atoms with Gasteiger partial charge in [-0.15, -0.1) is 0 Å². The number of hydrogen-bond donors (Lipinski definition) is 0. The van der Waals surface area contributed by atoms with Crippen LogP contribution < -0.4 is 4.78 Å². The van der Waals surface area contributed by atoms with E-state index >= 15 is 0 Å². The SMILES string of the molecule is [B]c1cc2c(s1)CCCC2=O. The Hall–Kier alpha value is -0.565. The van der Waals surface area contributed by atoms with Crippen LogP contribution in [-0.4, -0.2) is 13.6 Å². The van der Waals surface area contributed by atoms with E-state index in [0.29, 0.717) is 6.42 Å². The summed E-state index contributed by atoms with van der Waals surface area (Å²) in [5.41, 5.74) is 0.874. The van der Waals surface area contributed by atoms with E-state index < -0.39 is 0 Å². The van der Waals surface area contributed by atoms with E-state index in [4.69, 9.17) is 7.85 Å². The maximum Gasteiger partial charge on any atom is 0.163 e. The first-order chi connectivity index (χ1) is 5.27. The maximum atomic E-state index is 11.2. The summed E-state index contributed by atoms with van der Waals surface area (Å²) in [7, 11) is 5.59. The fourth-order valence-corrected chi connectivity index (χ4v) is 2.41. The maximum absolute atomic E-state index is 11.2. The van der Waals surface area contributed by atoms with E-state index in [1.54, 1.807) is 11.3 Å². The molecule has 0 N–H and O–H groups in total. The van der Waals surface area contributed by atoms with Crippen LogP contribution in [0.4, 0.5) is 0 Å². The number of carbonyl (C=O) groups is 1. The molecule has 2 rings (SSSR count). The molecule has 1 heterocycles. The number of fused-ring (bicyclic) bond motifs is 1. The van der Waals surface area contributed by atoms with Crippen molar-refractivity contribution in [3.63, 3.8) is 0 Å². The molecule has 0 aromatic carbocycles. The standard InChI is InChI=1S/C8H7BOS/c9-8-4-5-6(10)2-1-3-7(5)11-8/h4H,1-3H2. The summed E-state index contributed by atoms with van der Waals surface area (Å²) in [4.78, 5) is 12.4. The van der Waals surface area contributed by atoms with Gasteiger partial charge in [0, 0.05) is 16.9 Å². The van der Waals surface area contributed by atoms with Gasteiger partial charge in [-0.2, -0.15) is 11.3 Å². The van der Waals surface area contributed by atoms with Crippen LogP contribution >= 0.6 is 11.3 Å². The van der Waals surface area contributed by atoms with E-state index in [1.807, 2.05) is 6.07 Å². The smallest absolute Gasteiger partial charge is 0.163 e. The zero-order chi connectivity index (χ0) is 7.84. The molecular formula is C8H7BOS. The lowest BCUT2D eigenvalue weighted by molar-refractivity contribution is 0.0973. The zero-order valence-electron chi connectivity index (χ0n) is 6.09. The van der Waals surface area contributed by atoms with Gasteiger partial charge in [0.15, 0.2) is 5.78 Å². The Kier molecular flexibility index (Phi) is 1.60. The minimum Gasteiger partial charge on any atom is -0.294 e. The second-order valence-electron chi connectivity index (χ2n) is 2.76. The van der Waals surface area contributed by atoms with Crippen molar-refractivity contribution in [3.8, 4) is 0 Å². The summed E-state index contributed by atoms with van der Waals surface area (Å²) in [5, 5.41) is 0. The molecule has 0 unspecified atom stereocenters. The molecule has 0 amide bonds. The van der Waals surface area contributed by atoms with Crippen LogP contribution in [0.2, 0.25) is 0 Å². The van der Waals surface area contributed by atoms with Gasteiger partial charge in [0.25, 0.3) is 0 Å². The highest BCUT2D eigenvalue weighted by atomic mass is 32.1. The molecule has 2 radical (unpaired) electrons. The van der Waals surface area contributed by atoms with E-state index in [0.717, 1.165) is 23.2 Å². The topological polar surface area (TPSA) is 17.1 Å². The number of rotatable bonds is 0. The molecule has 3 heteroatoms. The molecule has 0 atom stereocenters. The van der Waals surface area contributed by atoms with Crippen LogP contribution in [0.15, 0.2) is 6.07 Å². The number of thiophene rings is 1. The van der Waals surface area contributed by atoms with Gasteiger partial charge in [-0.1, -0.05) is 0 Å². The normalized spacial score (nSPS) is 16.5. The Morgan fingerprint density at radius 3 is 3.00 bits per heavy atom. The zero-order valence-corrected chi connectivity index (χ0v) is 6.91. The lowest BCUT2D eigenvalue weighted by Gasteiger charge is -2.07. The van der Waals surface area contributed by atoms with Gasteiger partial charge in [-0.25, -0.2) is 0 Å². The van der Waals surface area contributed by atoms with Gasteiger partial charge < -0.3 is 0 Å². The van der Waals surface area contributed by atoms with Gasteiger partial charge in [-0.3, -0.25) is 4.79 Å². The summed E-state index contributed by atoms with van der Waals surface area (Å²) in [6, 6.07) is 1.81. The molecule has 0 aliphatic heterocycles. The van der Waals surface area contributed by atoms with Gasteiger partial charge >= 0.3 is 0 Å². The fourth-order valence-electron chi connectivity index (χ4n) is 1.42. The number of ketones is 1. The molecule has 0 bridgehead atoms. The molecule has 0 saturated heterocycles. The van der Waals surface area contributed by atoms with E-state index in [1.165, 1.54) is 4.88 Å². The second kappa shape index (κ2) is 2.49. The van der Waals surface area contributed by atoms with Crippen molar-refractivity contribution in [2.75, 3.05) is 0 Å². The molecule has 1 aromatic rings. The van der Waals surface area contributed by atoms with Crippen LogP contribution in [-0.2, 0) is 6.42 Å². The van der Waals surface area contributed by atoms with E-state index in [-0.39, 0.29) is 5.78 Å². The predicted octanol–water partition coefficient (Wildman–Crippen LogP) is 1.06. The number of Topliss-reactive ketones (excluding diaryl/α,β-unsaturated/α-hetero) is 1. The highest BCUT2D eigenvalue weighted by Gasteiger charge is 2.18.